The van der Waals surface area contributed by atoms with Crippen molar-refractivity contribution in [1.29, 1.82) is 0 Å². The normalized spacial score (nSPS) is 10.4. The number of ether oxygens (including phenoxy) is 1. The van der Waals surface area contributed by atoms with Gasteiger partial charge in [0.1, 0.15) is 0 Å². The Bertz CT molecular complexity index is 492. The SMILES string of the molecule is CCOC(=O)c1nc([N+](=O)[O-])cc(C(F)F)c1O. The van der Waals surface area contributed by atoms with E-state index in [4.69, 9.17) is 0 Å². The minimum atomic E-state index is -3.18. The first-order valence-electron chi connectivity index (χ1n) is 4.72. The summed E-state index contributed by atoms with van der Waals surface area (Å²) in [7, 11) is 0. The van der Waals surface area contributed by atoms with Crippen LogP contribution in [0.3, 0.4) is 0 Å². The number of rotatable bonds is 4. The zero-order chi connectivity index (χ0) is 13.9. The molecule has 1 aromatic rings. The van der Waals surface area contributed by atoms with Gasteiger partial charge in [0, 0.05) is 6.07 Å². The maximum atomic E-state index is 12.5. The van der Waals surface area contributed by atoms with Gasteiger partial charge >= 0.3 is 17.5 Å². The number of hydrogen-bond donors (Lipinski definition) is 1. The smallest absolute Gasteiger partial charge is 0.387 e. The number of aromatic nitrogens is 1. The second kappa shape index (κ2) is 5.34. The molecule has 0 aromatic carbocycles. The van der Waals surface area contributed by atoms with E-state index in [0.29, 0.717) is 6.07 Å². The standard InChI is InChI=1S/C9H8F2N2O5/c1-2-18-9(15)6-7(14)4(8(10)11)3-5(12-6)13(16)17/h3,8,14H,2H2,1H3. The third-order valence-corrected chi connectivity index (χ3v) is 1.90. The molecule has 9 heteroatoms. The molecule has 98 valence electrons. The molecule has 0 bridgehead atoms. The number of carbonyl (C=O) groups is 1. The molecule has 1 rings (SSSR count). The maximum Gasteiger partial charge on any atom is 0.387 e. The maximum absolute atomic E-state index is 12.5. The van der Waals surface area contributed by atoms with Gasteiger partial charge < -0.3 is 20.0 Å². The highest BCUT2D eigenvalue weighted by Crippen LogP contribution is 2.33. The number of halogens is 2. The molecule has 1 N–H and O–H groups in total. The minimum Gasteiger partial charge on any atom is -0.503 e. The van der Waals surface area contributed by atoms with Crippen LogP contribution in [0.5, 0.6) is 5.75 Å². The molecule has 1 aromatic heterocycles. The van der Waals surface area contributed by atoms with Crippen LogP contribution in [-0.2, 0) is 4.74 Å². The van der Waals surface area contributed by atoms with Gasteiger partial charge in [-0.25, -0.2) is 13.6 Å². The Kier molecular flexibility index (Phi) is 4.08. The van der Waals surface area contributed by atoms with E-state index >= 15 is 0 Å². The Balaban J connectivity index is 3.40. The molecule has 7 nitrogen and oxygen atoms in total. The van der Waals surface area contributed by atoms with Crippen LogP contribution < -0.4 is 0 Å². The number of hydrogen-bond acceptors (Lipinski definition) is 6. The first-order chi connectivity index (χ1) is 8.38. The molecule has 0 unspecified atom stereocenters. The molecule has 18 heavy (non-hydrogen) atoms. The monoisotopic (exact) mass is 262 g/mol. The molecule has 0 spiro atoms. The Morgan fingerprint density at radius 1 is 1.67 bits per heavy atom. The largest absolute Gasteiger partial charge is 0.503 e. The second-order valence-electron chi connectivity index (χ2n) is 3.05. The lowest BCUT2D eigenvalue weighted by atomic mass is 10.2. The van der Waals surface area contributed by atoms with Gasteiger partial charge in [0.25, 0.3) is 6.43 Å². The van der Waals surface area contributed by atoms with Crippen molar-refractivity contribution in [3.05, 3.63) is 27.4 Å². The van der Waals surface area contributed by atoms with E-state index in [1.807, 2.05) is 0 Å². The summed E-state index contributed by atoms with van der Waals surface area (Å²) in [6.07, 6.45) is -3.18. The van der Waals surface area contributed by atoms with Gasteiger partial charge in [-0.05, 0) is 16.8 Å². The highest BCUT2D eigenvalue weighted by molar-refractivity contribution is 5.91. The minimum absolute atomic E-state index is 0.0906. The van der Waals surface area contributed by atoms with Crippen LogP contribution in [0, 0.1) is 10.1 Å². The quantitative estimate of drug-likeness (QED) is 0.504. The summed E-state index contributed by atoms with van der Waals surface area (Å²) in [5.74, 6) is -3.29. The molecular weight excluding hydrogens is 254 g/mol. The van der Waals surface area contributed by atoms with Gasteiger partial charge in [-0.15, -0.1) is 0 Å². The van der Waals surface area contributed by atoms with Crippen molar-refractivity contribution in [2.75, 3.05) is 6.61 Å². The van der Waals surface area contributed by atoms with E-state index in [1.54, 1.807) is 0 Å². The summed E-state index contributed by atoms with van der Waals surface area (Å²) in [6, 6.07) is 0.405. The summed E-state index contributed by atoms with van der Waals surface area (Å²) in [5, 5.41) is 19.9. The van der Waals surface area contributed by atoms with E-state index in [9.17, 15) is 28.8 Å². The van der Waals surface area contributed by atoms with Crippen LogP contribution in [0.2, 0.25) is 0 Å². The Labute approximate surface area is 99.2 Å². The molecule has 0 atom stereocenters. The van der Waals surface area contributed by atoms with Crippen molar-refractivity contribution < 1.29 is 28.3 Å². The number of aromatic hydroxyl groups is 1. The molecular formula is C9H8F2N2O5. The predicted octanol–water partition coefficient (Wildman–Crippen LogP) is 1.81. The van der Waals surface area contributed by atoms with E-state index in [1.165, 1.54) is 6.92 Å². The molecule has 0 saturated carbocycles. The van der Waals surface area contributed by atoms with E-state index < -0.39 is 40.1 Å². The van der Waals surface area contributed by atoms with Crippen molar-refractivity contribution in [3.63, 3.8) is 0 Å². The summed E-state index contributed by atoms with van der Waals surface area (Å²) in [6.45, 7) is 1.35. The number of nitrogens with zero attached hydrogens (tertiary/aromatic N) is 2. The zero-order valence-corrected chi connectivity index (χ0v) is 9.09. The van der Waals surface area contributed by atoms with Crippen molar-refractivity contribution >= 4 is 11.8 Å². The van der Waals surface area contributed by atoms with Crippen LogP contribution in [0.25, 0.3) is 0 Å². The van der Waals surface area contributed by atoms with Crippen LogP contribution >= 0.6 is 0 Å². The molecule has 0 aliphatic rings. The van der Waals surface area contributed by atoms with E-state index in [2.05, 4.69) is 9.72 Å². The second-order valence-corrected chi connectivity index (χ2v) is 3.05. The Morgan fingerprint density at radius 3 is 2.72 bits per heavy atom. The summed E-state index contributed by atoms with van der Waals surface area (Å²) in [4.78, 5) is 23.9. The number of esters is 1. The van der Waals surface area contributed by atoms with Crippen LogP contribution in [0.4, 0.5) is 14.6 Å². The first kappa shape index (κ1) is 13.7. The zero-order valence-electron chi connectivity index (χ0n) is 9.09. The lowest BCUT2D eigenvalue weighted by Gasteiger charge is -2.05. The fourth-order valence-corrected chi connectivity index (χ4v) is 1.15. The third-order valence-electron chi connectivity index (χ3n) is 1.90. The fraction of sp³-hybridized carbons (Fsp3) is 0.333. The summed E-state index contributed by atoms with van der Waals surface area (Å²) >= 11 is 0. The molecule has 1 heterocycles. The van der Waals surface area contributed by atoms with Crippen molar-refractivity contribution in [2.24, 2.45) is 0 Å². The number of carbonyl (C=O) groups excluding carboxylic acids is 1. The van der Waals surface area contributed by atoms with Gasteiger partial charge in [-0.3, -0.25) is 0 Å². The Morgan fingerprint density at radius 2 is 2.28 bits per heavy atom. The first-order valence-corrected chi connectivity index (χ1v) is 4.72. The molecule has 0 saturated heterocycles. The molecule has 0 fully saturated rings. The van der Waals surface area contributed by atoms with Gasteiger partial charge in [-0.1, -0.05) is 0 Å². The van der Waals surface area contributed by atoms with Crippen molar-refractivity contribution in [3.8, 4) is 5.75 Å². The van der Waals surface area contributed by atoms with E-state index in [0.717, 1.165) is 0 Å². The van der Waals surface area contributed by atoms with Gasteiger partial charge in [0.2, 0.25) is 0 Å². The average molecular weight is 262 g/mol. The number of alkyl halides is 2. The van der Waals surface area contributed by atoms with Gasteiger partial charge in [0.05, 0.1) is 12.2 Å². The van der Waals surface area contributed by atoms with E-state index in [-0.39, 0.29) is 6.61 Å². The molecule has 0 aliphatic heterocycles. The number of pyridine rings is 1. The number of nitro groups is 1. The molecule has 0 amide bonds. The highest BCUT2D eigenvalue weighted by Gasteiger charge is 2.30. The van der Waals surface area contributed by atoms with Crippen LogP contribution in [0.1, 0.15) is 29.4 Å². The molecule has 0 aliphatic carbocycles. The summed E-state index contributed by atoms with van der Waals surface area (Å²) < 4.78 is 29.5. The summed E-state index contributed by atoms with van der Waals surface area (Å²) in [5.41, 5.74) is -1.94. The van der Waals surface area contributed by atoms with Gasteiger partial charge in [-0.2, -0.15) is 0 Å². The average Bonchev–Trinajstić information content (AvgIpc) is 2.28. The Hall–Kier alpha value is -2.32. The molecule has 0 radical (unpaired) electrons. The highest BCUT2D eigenvalue weighted by atomic mass is 19.3. The third kappa shape index (κ3) is 2.67. The van der Waals surface area contributed by atoms with Crippen LogP contribution in [0.15, 0.2) is 6.07 Å². The predicted molar refractivity (Wildman–Crippen MR) is 53.5 cm³/mol. The van der Waals surface area contributed by atoms with Crippen molar-refractivity contribution in [1.82, 2.24) is 4.98 Å². The van der Waals surface area contributed by atoms with Crippen LogP contribution in [-0.4, -0.2) is 27.6 Å². The van der Waals surface area contributed by atoms with Crippen molar-refractivity contribution in [2.45, 2.75) is 13.3 Å². The lowest BCUT2D eigenvalue weighted by molar-refractivity contribution is -0.389. The van der Waals surface area contributed by atoms with Gasteiger partial charge in [0.15, 0.2) is 5.75 Å². The topological polar surface area (TPSA) is 103 Å². The lowest BCUT2D eigenvalue weighted by Crippen LogP contribution is -2.10. The fourth-order valence-electron chi connectivity index (χ4n) is 1.15.